The molecule has 4 nitrogen and oxygen atoms in total. The highest BCUT2D eigenvalue weighted by Gasteiger charge is 2.11. The molecule has 0 aliphatic rings. The second-order valence-electron chi connectivity index (χ2n) is 3.57. The molecule has 0 saturated heterocycles. The SMILES string of the molecule is COc1ccc(C(CN)OCCCO)cc1Br. The summed E-state index contributed by atoms with van der Waals surface area (Å²) < 4.78 is 11.6. The first-order chi connectivity index (χ1) is 8.22. The zero-order valence-corrected chi connectivity index (χ0v) is 11.4. The van der Waals surface area contributed by atoms with Crippen molar-refractivity contribution < 1.29 is 14.6 Å². The van der Waals surface area contributed by atoms with Crippen LogP contribution in [0, 0.1) is 0 Å². The Labute approximate surface area is 110 Å². The summed E-state index contributed by atoms with van der Waals surface area (Å²) in [6, 6.07) is 5.74. The van der Waals surface area contributed by atoms with Crippen LogP contribution in [0.5, 0.6) is 5.75 Å². The summed E-state index contributed by atoms with van der Waals surface area (Å²) in [6.07, 6.45) is 0.470. The Hall–Kier alpha value is -0.620. The van der Waals surface area contributed by atoms with Gasteiger partial charge >= 0.3 is 0 Å². The number of methoxy groups -OCH3 is 1. The number of aliphatic hydroxyl groups excluding tert-OH is 1. The Morgan fingerprint density at radius 1 is 1.47 bits per heavy atom. The molecule has 5 heteroatoms. The van der Waals surface area contributed by atoms with E-state index in [1.165, 1.54) is 0 Å². The van der Waals surface area contributed by atoms with Crippen LogP contribution in [0.3, 0.4) is 0 Å². The first kappa shape index (κ1) is 14.4. The summed E-state index contributed by atoms with van der Waals surface area (Å²) >= 11 is 3.43. The summed E-state index contributed by atoms with van der Waals surface area (Å²) in [5.74, 6) is 0.778. The summed E-state index contributed by atoms with van der Waals surface area (Å²) in [5.41, 5.74) is 6.67. The molecule has 17 heavy (non-hydrogen) atoms. The van der Waals surface area contributed by atoms with E-state index < -0.39 is 0 Å². The highest BCUT2D eigenvalue weighted by molar-refractivity contribution is 9.10. The number of hydrogen-bond donors (Lipinski definition) is 2. The molecule has 0 radical (unpaired) electrons. The van der Waals surface area contributed by atoms with Gasteiger partial charge in [-0.05, 0) is 40.0 Å². The quantitative estimate of drug-likeness (QED) is 0.755. The van der Waals surface area contributed by atoms with Crippen molar-refractivity contribution in [2.45, 2.75) is 12.5 Å². The molecule has 0 aliphatic heterocycles. The number of halogens is 1. The van der Waals surface area contributed by atoms with Crippen molar-refractivity contribution in [3.63, 3.8) is 0 Å². The fourth-order valence-electron chi connectivity index (χ4n) is 1.47. The monoisotopic (exact) mass is 303 g/mol. The maximum atomic E-state index is 8.70. The van der Waals surface area contributed by atoms with Gasteiger partial charge in [-0.25, -0.2) is 0 Å². The first-order valence-electron chi connectivity index (χ1n) is 5.49. The van der Waals surface area contributed by atoms with Crippen LogP contribution in [0.2, 0.25) is 0 Å². The van der Waals surface area contributed by atoms with E-state index in [2.05, 4.69) is 15.9 Å². The predicted octanol–water partition coefficient (Wildman–Crippen LogP) is 1.86. The van der Waals surface area contributed by atoms with Crippen LogP contribution in [-0.2, 0) is 4.74 Å². The lowest BCUT2D eigenvalue weighted by Crippen LogP contribution is -2.17. The minimum atomic E-state index is -0.149. The van der Waals surface area contributed by atoms with Gasteiger partial charge in [0.2, 0.25) is 0 Å². The highest BCUT2D eigenvalue weighted by Crippen LogP contribution is 2.28. The molecule has 0 fully saturated rings. The molecular weight excluding hydrogens is 286 g/mol. The van der Waals surface area contributed by atoms with Gasteiger partial charge in [-0.3, -0.25) is 0 Å². The molecule has 0 aromatic heterocycles. The van der Waals surface area contributed by atoms with E-state index in [1.54, 1.807) is 7.11 Å². The lowest BCUT2D eigenvalue weighted by atomic mass is 10.1. The van der Waals surface area contributed by atoms with Gasteiger partial charge < -0.3 is 20.3 Å². The molecule has 1 rings (SSSR count). The molecule has 0 heterocycles. The molecule has 96 valence electrons. The van der Waals surface area contributed by atoms with E-state index in [-0.39, 0.29) is 12.7 Å². The van der Waals surface area contributed by atoms with E-state index in [0.29, 0.717) is 19.6 Å². The zero-order chi connectivity index (χ0) is 12.7. The molecule has 0 saturated carbocycles. The van der Waals surface area contributed by atoms with Crippen LogP contribution in [-0.4, -0.2) is 32.0 Å². The molecular formula is C12H18BrNO3. The van der Waals surface area contributed by atoms with Crippen LogP contribution in [0.15, 0.2) is 22.7 Å². The van der Waals surface area contributed by atoms with Crippen molar-refractivity contribution in [3.8, 4) is 5.75 Å². The van der Waals surface area contributed by atoms with Crippen molar-refractivity contribution in [3.05, 3.63) is 28.2 Å². The predicted molar refractivity (Wildman–Crippen MR) is 70.1 cm³/mol. The Kier molecular flexibility index (Phi) is 6.50. The van der Waals surface area contributed by atoms with E-state index in [4.69, 9.17) is 20.3 Å². The largest absolute Gasteiger partial charge is 0.496 e. The minimum Gasteiger partial charge on any atom is -0.496 e. The van der Waals surface area contributed by atoms with Crippen LogP contribution >= 0.6 is 15.9 Å². The summed E-state index contributed by atoms with van der Waals surface area (Å²) in [5, 5.41) is 8.70. The van der Waals surface area contributed by atoms with Gasteiger partial charge in [-0.1, -0.05) is 6.07 Å². The van der Waals surface area contributed by atoms with Gasteiger partial charge in [0.25, 0.3) is 0 Å². The number of ether oxygens (including phenoxy) is 2. The summed E-state index contributed by atoms with van der Waals surface area (Å²) in [7, 11) is 1.62. The Morgan fingerprint density at radius 3 is 2.76 bits per heavy atom. The molecule has 1 unspecified atom stereocenters. The van der Waals surface area contributed by atoms with E-state index in [0.717, 1.165) is 15.8 Å². The molecule has 1 atom stereocenters. The van der Waals surface area contributed by atoms with Gasteiger partial charge in [0, 0.05) is 19.8 Å². The summed E-state index contributed by atoms with van der Waals surface area (Å²) in [6.45, 7) is 1.04. The Balaban J connectivity index is 2.71. The number of nitrogens with two attached hydrogens (primary N) is 1. The van der Waals surface area contributed by atoms with E-state index >= 15 is 0 Å². The van der Waals surface area contributed by atoms with Crippen LogP contribution in [0.25, 0.3) is 0 Å². The second-order valence-corrected chi connectivity index (χ2v) is 4.42. The standard InChI is InChI=1S/C12H18BrNO3/c1-16-11-4-3-9(7-10(11)13)12(8-14)17-6-2-5-15/h3-4,7,12,15H,2,5-6,8,14H2,1H3. The average Bonchev–Trinajstić information content (AvgIpc) is 2.35. The second kappa shape index (κ2) is 7.66. The number of rotatable bonds is 7. The minimum absolute atomic E-state index is 0.129. The average molecular weight is 304 g/mol. The van der Waals surface area contributed by atoms with E-state index in [1.807, 2.05) is 18.2 Å². The molecule has 0 bridgehead atoms. The van der Waals surface area contributed by atoms with Crippen LogP contribution < -0.4 is 10.5 Å². The maximum absolute atomic E-state index is 8.70. The third kappa shape index (κ3) is 4.27. The maximum Gasteiger partial charge on any atom is 0.133 e. The van der Waals surface area contributed by atoms with E-state index in [9.17, 15) is 0 Å². The van der Waals surface area contributed by atoms with Gasteiger partial charge in [-0.15, -0.1) is 0 Å². The molecule has 0 aliphatic carbocycles. The van der Waals surface area contributed by atoms with Gasteiger partial charge in [-0.2, -0.15) is 0 Å². The molecule has 1 aromatic carbocycles. The smallest absolute Gasteiger partial charge is 0.133 e. The van der Waals surface area contributed by atoms with Crippen LogP contribution in [0.4, 0.5) is 0 Å². The lowest BCUT2D eigenvalue weighted by molar-refractivity contribution is 0.0488. The Morgan fingerprint density at radius 2 is 2.24 bits per heavy atom. The lowest BCUT2D eigenvalue weighted by Gasteiger charge is -2.17. The Bertz CT molecular complexity index is 347. The van der Waals surface area contributed by atoms with Gasteiger partial charge in [0.15, 0.2) is 0 Å². The zero-order valence-electron chi connectivity index (χ0n) is 9.86. The normalized spacial score (nSPS) is 12.5. The van der Waals surface area contributed by atoms with Crippen molar-refractivity contribution in [1.29, 1.82) is 0 Å². The van der Waals surface area contributed by atoms with Gasteiger partial charge in [0.05, 0.1) is 17.7 Å². The van der Waals surface area contributed by atoms with Gasteiger partial charge in [0.1, 0.15) is 5.75 Å². The molecule has 3 N–H and O–H groups in total. The third-order valence-electron chi connectivity index (χ3n) is 2.38. The van der Waals surface area contributed by atoms with Crippen molar-refractivity contribution >= 4 is 15.9 Å². The molecule has 1 aromatic rings. The number of benzene rings is 1. The summed E-state index contributed by atoms with van der Waals surface area (Å²) in [4.78, 5) is 0. The van der Waals surface area contributed by atoms with Crippen molar-refractivity contribution in [2.75, 3.05) is 26.9 Å². The first-order valence-corrected chi connectivity index (χ1v) is 6.28. The fourth-order valence-corrected chi connectivity index (χ4v) is 2.03. The van der Waals surface area contributed by atoms with Crippen molar-refractivity contribution in [1.82, 2.24) is 0 Å². The topological polar surface area (TPSA) is 64.7 Å². The number of hydrogen-bond acceptors (Lipinski definition) is 4. The highest BCUT2D eigenvalue weighted by atomic mass is 79.9. The molecule has 0 spiro atoms. The number of aliphatic hydroxyl groups is 1. The van der Waals surface area contributed by atoms with Crippen LogP contribution in [0.1, 0.15) is 18.1 Å². The third-order valence-corrected chi connectivity index (χ3v) is 3.00. The molecule has 0 amide bonds. The fraction of sp³-hybridized carbons (Fsp3) is 0.500. The van der Waals surface area contributed by atoms with Crippen molar-refractivity contribution in [2.24, 2.45) is 5.73 Å².